The average Bonchev–Trinajstić information content (AvgIpc) is 3.03. The number of esters is 1. The molecule has 0 aromatic heterocycles. The topological polar surface area (TPSA) is 58.6 Å². The summed E-state index contributed by atoms with van der Waals surface area (Å²) in [6.45, 7) is 2.68. The van der Waals surface area contributed by atoms with E-state index in [-0.39, 0.29) is 18.0 Å². The molecule has 126 valence electrons. The van der Waals surface area contributed by atoms with E-state index in [2.05, 4.69) is 5.32 Å². The number of carbonyl (C=O) groups excluding carboxylic acids is 2. The van der Waals surface area contributed by atoms with Gasteiger partial charge in [0.1, 0.15) is 0 Å². The van der Waals surface area contributed by atoms with Crippen molar-refractivity contribution < 1.29 is 14.3 Å². The zero-order valence-corrected chi connectivity index (χ0v) is 13.8. The van der Waals surface area contributed by atoms with Crippen LogP contribution in [0.1, 0.15) is 71.1 Å². The van der Waals surface area contributed by atoms with E-state index in [4.69, 9.17) is 4.74 Å². The fraction of sp³-hybridized carbons (Fsp3) is 0.882. The van der Waals surface area contributed by atoms with Crippen LogP contribution < -0.4 is 5.32 Å². The molecule has 0 radical (unpaired) electrons. The van der Waals surface area contributed by atoms with Crippen LogP contribution in [0, 0.1) is 0 Å². The Morgan fingerprint density at radius 3 is 2.32 bits per heavy atom. The van der Waals surface area contributed by atoms with Gasteiger partial charge >= 0.3 is 12.0 Å². The molecule has 2 aliphatic rings. The fourth-order valence-corrected chi connectivity index (χ4v) is 3.62. The minimum absolute atomic E-state index is 0.0168. The summed E-state index contributed by atoms with van der Waals surface area (Å²) in [5.41, 5.74) is 0. The van der Waals surface area contributed by atoms with Crippen LogP contribution in [0.2, 0.25) is 0 Å². The minimum atomic E-state index is -0.212. The summed E-state index contributed by atoms with van der Waals surface area (Å²) in [5, 5.41) is 3.19. The summed E-state index contributed by atoms with van der Waals surface area (Å²) in [7, 11) is 0. The van der Waals surface area contributed by atoms with Crippen molar-refractivity contribution in [3.63, 3.8) is 0 Å². The third kappa shape index (κ3) is 5.18. The smallest absolute Gasteiger partial charge is 0.317 e. The van der Waals surface area contributed by atoms with E-state index in [1.807, 2.05) is 11.8 Å². The van der Waals surface area contributed by atoms with Crippen LogP contribution in [0.5, 0.6) is 0 Å². The molecule has 1 N–H and O–H groups in total. The van der Waals surface area contributed by atoms with E-state index in [1.54, 1.807) is 0 Å². The van der Waals surface area contributed by atoms with Gasteiger partial charge in [0.05, 0.1) is 13.0 Å². The average molecular weight is 310 g/mol. The number of rotatable bonds is 6. The van der Waals surface area contributed by atoms with Gasteiger partial charge in [-0.1, -0.05) is 32.1 Å². The Morgan fingerprint density at radius 1 is 1.05 bits per heavy atom. The van der Waals surface area contributed by atoms with Crippen molar-refractivity contribution in [3.8, 4) is 0 Å². The standard InChI is InChI=1S/C17H30N2O3/c1-2-22-16(20)12-13-19(15-10-6-7-11-15)17(21)18-14-8-4-3-5-9-14/h14-15H,2-13H2,1H3,(H,18,21). The lowest BCUT2D eigenvalue weighted by molar-refractivity contribution is -0.143. The van der Waals surface area contributed by atoms with E-state index >= 15 is 0 Å². The molecule has 0 bridgehead atoms. The van der Waals surface area contributed by atoms with E-state index in [0.29, 0.717) is 25.6 Å². The Hall–Kier alpha value is -1.26. The molecule has 2 aliphatic carbocycles. The van der Waals surface area contributed by atoms with E-state index < -0.39 is 0 Å². The summed E-state index contributed by atoms with van der Waals surface area (Å²) >= 11 is 0. The molecule has 2 amide bonds. The van der Waals surface area contributed by atoms with Crippen LogP contribution in [-0.4, -0.2) is 42.1 Å². The quantitative estimate of drug-likeness (QED) is 0.766. The maximum absolute atomic E-state index is 12.6. The van der Waals surface area contributed by atoms with Crippen LogP contribution in [-0.2, 0) is 9.53 Å². The first-order valence-corrected chi connectivity index (χ1v) is 8.93. The number of hydrogen-bond donors (Lipinski definition) is 1. The van der Waals surface area contributed by atoms with E-state index in [0.717, 1.165) is 25.7 Å². The van der Waals surface area contributed by atoms with Crippen LogP contribution in [0.3, 0.4) is 0 Å². The Balaban J connectivity index is 1.87. The predicted molar refractivity (Wildman–Crippen MR) is 85.6 cm³/mol. The molecule has 2 saturated carbocycles. The number of carbonyl (C=O) groups is 2. The molecule has 22 heavy (non-hydrogen) atoms. The van der Waals surface area contributed by atoms with Crippen molar-refractivity contribution in [2.75, 3.05) is 13.2 Å². The van der Waals surface area contributed by atoms with Crippen molar-refractivity contribution >= 4 is 12.0 Å². The lowest BCUT2D eigenvalue weighted by atomic mass is 9.96. The zero-order valence-electron chi connectivity index (χ0n) is 13.8. The Kier molecular flexibility index (Phi) is 7.00. The normalized spacial score (nSPS) is 19.9. The summed E-state index contributed by atoms with van der Waals surface area (Å²) in [6.07, 6.45) is 10.6. The number of nitrogens with zero attached hydrogens (tertiary/aromatic N) is 1. The van der Waals surface area contributed by atoms with Gasteiger partial charge in [-0.2, -0.15) is 0 Å². The Labute approximate surface area is 133 Å². The number of nitrogens with one attached hydrogen (secondary N) is 1. The molecule has 0 aromatic rings. The van der Waals surface area contributed by atoms with Gasteiger partial charge in [0.2, 0.25) is 0 Å². The maximum Gasteiger partial charge on any atom is 0.317 e. The van der Waals surface area contributed by atoms with Crippen molar-refractivity contribution in [2.24, 2.45) is 0 Å². The second kappa shape index (κ2) is 9.01. The second-order valence-corrected chi connectivity index (χ2v) is 6.47. The lowest BCUT2D eigenvalue weighted by Gasteiger charge is -2.32. The number of amides is 2. The molecule has 2 rings (SSSR count). The largest absolute Gasteiger partial charge is 0.466 e. The summed E-state index contributed by atoms with van der Waals surface area (Å²) in [5.74, 6) is -0.212. The zero-order chi connectivity index (χ0) is 15.8. The molecule has 0 aliphatic heterocycles. The third-order valence-corrected chi connectivity index (χ3v) is 4.82. The van der Waals surface area contributed by atoms with Crippen molar-refractivity contribution in [1.82, 2.24) is 10.2 Å². The minimum Gasteiger partial charge on any atom is -0.466 e. The monoisotopic (exact) mass is 310 g/mol. The van der Waals surface area contributed by atoms with Gasteiger partial charge in [-0.3, -0.25) is 4.79 Å². The van der Waals surface area contributed by atoms with Gasteiger partial charge < -0.3 is 15.0 Å². The van der Waals surface area contributed by atoms with Gasteiger partial charge in [0.15, 0.2) is 0 Å². The molecule has 0 aromatic carbocycles. The van der Waals surface area contributed by atoms with Gasteiger partial charge in [0.25, 0.3) is 0 Å². The van der Waals surface area contributed by atoms with E-state index in [1.165, 1.54) is 32.1 Å². The van der Waals surface area contributed by atoms with Crippen molar-refractivity contribution in [3.05, 3.63) is 0 Å². The lowest BCUT2D eigenvalue weighted by Crippen LogP contribution is -2.49. The first-order chi connectivity index (χ1) is 10.7. The first-order valence-electron chi connectivity index (χ1n) is 8.93. The highest BCUT2D eigenvalue weighted by Crippen LogP contribution is 2.24. The Morgan fingerprint density at radius 2 is 1.68 bits per heavy atom. The van der Waals surface area contributed by atoms with Crippen molar-refractivity contribution in [2.45, 2.75) is 83.2 Å². The second-order valence-electron chi connectivity index (χ2n) is 6.47. The Bertz CT molecular complexity index is 361. The molecule has 2 fully saturated rings. The molecule has 0 saturated heterocycles. The highest BCUT2D eigenvalue weighted by Gasteiger charge is 2.28. The summed E-state index contributed by atoms with van der Waals surface area (Å²) in [6, 6.07) is 0.619. The van der Waals surface area contributed by atoms with Gasteiger partial charge in [-0.15, -0.1) is 0 Å². The van der Waals surface area contributed by atoms with Crippen LogP contribution in [0.4, 0.5) is 4.79 Å². The number of ether oxygens (including phenoxy) is 1. The molecule has 5 nitrogen and oxygen atoms in total. The first kappa shape index (κ1) is 17.1. The van der Waals surface area contributed by atoms with Crippen LogP contribution >= 0.6 is 0 Å². The summed E-state index contributed by atoms with van der Waals surface area (Å²) < 4.78 is 4.99. The van der Waals surface area contributed by atoms with E-state index in [9.17, 15) is 9.59 Å². The van der Waals surface area contributed by atoms with Crippen molar-refractivity contribution in [1.29, 1.82) is 0 Å². The third-order valence-electron chi connectivity index (χ3n) is 4.82. The van der Waals surface area contributed by atoms with Crippen LogP contribution in [0.25, 0.3) is 0 Å². The fourth-order valence-electron chi connectivity index (χ4n) is 3.62. The highest BCUT2D eigenvalue weighted by molar-refractivity contribution is 5.76. The SMILES string of the molecule is CCOC(=O)CCN(C(=O)NC1CCCCC1)C1CCCC1. The predicted octanol–water partition coefficient (Wildman–Crippen LogP) is 3.23. The maximum atomic E-state index is 12.6. The van der Waals surface area contributed by atoms with Gasteiger partial charge in [0, 0.05) is 18.6 Å². The molecule has 0 heterocycles. The summed E-state index contributed by atoms with van der Waals surface area (Å²) in [4.78, 5) is 26.1. The van der Waals surface area contributed by atoms with Crippen LogP contribution in [0.15, 0.2) is 0 Å². The molecule has 0 spiro atoms. The number of urea groups is 1. The molecule has 5 heteroatoms. The molecule has 0 unspecified atom stereocenters. The molecule has 0 atom stereocenters. The van der Waals surface area contributed by atoms with Gasteiger partial charge in [-0.05, 0) is 32.6 Å². The molecular formula is C17H30N2O3. The highest BCUT2D eigenvalue weighted by atomic mass is 16.5. The number of hydrogen-bond acceptors (Lipinski definition) is 3. The van der Waals surface area contributed by atoms with Gasteiger partial charge in [-0.25, -0.2) is 4.79 Å². The molecular weight excluding hydrogens is 280 g/mol.